The third-order valence-electron chi connectivity index (χ3n) is 3.36. The van der Waals surface area contributed by atoms with E-state index in [4.69, 9.17) is 4.74 Å². The molecule has 0 aromatic heterocycles. The molecule has 1 aromatic carbocycles. The first-order chi connectivity index (χ1) is 9.56. The third-order valence-corrected chi connectivity index (χ3v) is 3.36. The van der Waals surface area contributed by atoms with Crippen LogP contribution in [0, 0.1) is 13.8 Å². The summed E-state index contributed by atoms with van der Waals surface area (Å²) in [4.78, 5) is 23.5. The van der Waals surface area contributed by atoms with Crippen LogP contribution >= 0.6 is 0 Å². The molecule has 0 bridgehead atoms. The summed E-state index contributed by atoms with van der Waals surface area (Å²) in [6, 6.07) is 5.72. The molecular formula is C15H20N2O3. The average molecular weight is 276 g/mol. The van der Waals surface area contributed by atoms with Gasteiger partial charge in [0.25, 0.3) is 0 Å². The number of ether oxygens (including phenoxy) is 1. The number of anilines is 1. The van der Waals surface area contributed by atoms with Crippen LogP contribution in [-0.2, 0) is 14.3 Å². The van der Waals surface area contributed by atoms with Gasteiger partial charge in [0.2, 0.25) is 0 Å². The van der Waals surface area contributed by atoms with Crippen molar-refractivity contribution in [3.8, 4) is 0 Å². The van der Waals surface area contributed by atoms with E-state index in [9.17, 15) is 9.59 Å². The van der Waals surface area contributed by atoms with Crippen LogP contribution in [0.3, 0.4) is 0 Å². The molecule has 1 heterocycles. The van der Waals surface area contributed by atoms with Gasteiger partial charge in [-0.1, -0.05) is 12.1 Å². The fourth-order valence-corrected chi connectivity index (χ4v) is 2.14. The van der Waals surface area contributed by atoms with Gasteiger partial charge in [-0.2, -0.15) is 0 Å². The minimum absolute atomic E-state index is 0.0347. The zero-order chi connectivity index (χ0) is 14.5. The molecular weight excluding hydrogens is 256 g/mol. The maximum Gasteiger partial charge on any atom is 0.313 e. The van der Waals surface area contributed by atoms with Gasteiger partial charge in [0.05, 0.1) is 6.10 Å². The van der Waals surface area contributed by atoms with Crippen molar-refractivity contribution >= 4 is 17.5 Å². The van der Waals surface area contributed by atoms with Crippen LogP contribution in [0.5, 0.6) is 0 Å². The molecule has 0 radical (unpaired) electrons. The van der Waals surface area contributed by atoms with E-state index in [1.54, 1.807) is 0 Å². The number of benzene rings is 1. The van der Waals surface area contributed by atoms with Crippen molar-refractivity contribution in [2.24, 2.45) is 0 Å². The summed E-state index contributed by atoms with van der Waals surface area (Å²) < 4.78 is 5.39. The third kappa shape index (κ3) is 3.81. The lowest BCUT2D eigenvalue weighted by atomic mass is 10.1. The van der Waals surface area contributed by atoms with Crippen LogP contribution in [0.25, 0.3) is 0 Å². The molecule has 5 nitrogen and oxygen atoms in total. The minimum Gasteiger partial charge on any atom is -0.376 e. The zero-order valence-electron chi connectivity index (χ0n) is 11.9. The molecule has 0 aliphatic carbocycles. The standard InChI is InChI=1S/C15H20N2O3/c1-10-5-6-11(2)13(8-10)17-15(19)14(18)16-9-12-4-3-7-20-12/h5-6,8,12H,3-4,7,9H2,1-2H3,(H,16,18)(H,17,19). The van der Waals surface area contributed by atoms with Crippen LogP contribution < -0.4 is 10.6 Å². The maximum atomic E-state index is 11.8. The Bertz CT molecular complexity index is 508. The second kappa shape index (κ2) is 6.52. The number of nitrogens with one attached hydrogen (secondary N) is 2. The van der Waals surface area contributed by atoms with Crippen LogP contribution in [0.1, 0.15) is 24.0 Å². The Morgan fingerprint density at radius 2 is 2.10 bits per heavy atom. The Labute approximate surface area is 118 Å². The highest BCUT2D eigenvalue weighted by atomic mass is 16.5. The highest BCUT2D eigenvalue weighted by Crippen LogP contribution is 2.16. The summed E-state index contributed by atoms with van der Waals surface area (Å²) in [6.07, 6.45) is 1.97. The van der Waals surface area contributed by atoms with Crippen LogP contribution in [0.4, 0.5) is 5.69 Å². The molecule has 2 rings (SSSR count). The monoisotopic (exact) mass is 276 g/mol. The second-order valence-electron chi connectivity index (χ2n) is 5.12. The van der Waals surface area contributed by atoms with E-state index in [0.717, 1.165) is 30.6 Å². The van der Waals surface area contributed by atoms with Gasteiger partial charge in [0.1, 0.15) is 0 Å². The molecule has 20 heavy (non-hydrogen) atoms. The molecule has 1 aliphatic rings. The number of rotatable bonds is 3. The summed E-state index contributed by atoms with van der Waals surface area (Å²) in [5.41, 5.74) is 2.63. The van der Waals surface area contributed by atoms with Crippen molar-refractivity contribution in [1.29, 1.82) is 0 Å². The number of carbonyl (C=O) groups is 2. The van der Waals surface area contributed by atoms with Crippen molar-refractivity contribution in [1.82, 2.24) is 5.32 Å². The summed E-state index contributed by atoms with van der Waals surface area (Å²) in [6.45, 7) is 4.94. The van der Waals surface area contributed by atoms with Gasteiger partial charge in [-0.3, -0.25) is 9.59 Å². The molecule has 5 heteroatoms. The van der Waals surface area contributed by atoms with E-state index < -0.39 is 11.8 Å². The lowest BCUT2D eigenvalue weighted by Gasteiger charge is -2.12. The molecule has 1 fully saturated rings. The van der Waals surface area contributed by atoms with E-state index in [-0.39, 0.29) is 6.10 Å². The largest absolute Gasteiger partial charge is 0.376 e. The Balaban J connectivity index is 1.87. The summed E-state index contributed by atoms with van der Waals surface area (Å²) in [5, 5.41) is 5.24. The Kier molecular flexibility index (Phi) is 4.74. The molecule has 1 unspecified atom stereocenters. The SMILES string of the molecule is Cc1ccc(C)c(NC(=O)C(=O)NCC2CCCO2)c1. The Hall–Kier alpha value is -1.88. The molecule has 1 saturated heterocycles. The first kappa shape index (κ1) is 14.5. The fourth-order valence-electron chi connectivity index (χ4n) is 2.14. The van der Waals surface area contributed by atoms with E-state index in [0.29, 0.717) is 12.2 Å². The number of carbonyl (C=O) groups excluding carboxylic acids is 2. The van der Waals surface area contributed by atoms with Crippen molar-refractivity contribution in [2.45, 2.75) is 32.8 Å². The molecule has 0 saturated carbocycles. The molecule has 108 valence electrons. The number of hydrogen-bond acceptors (Lipinski definition) is 3. The van der Waals surface area contributed by atoms with E-state index in [1.807, 2.05) is 32.0 Å². The van der Waals surface area contributed by atoms with Gasteiger partial charge >= 0.3 is 11.8 Å². The predicted octanol–water partition coefficient (Wildman–Crippen LogP) is 1.54. The highest BCUT2D eigenvalue weighted by molar-refractivity contribution is 6.39. The van der Waals surface area contributed by atoms with Gasteiger partial charge in [-0.15, -0.1) is 0 Å². The first-order valence-electron chi connectivity index (χ1n) is 6.84. The second-order valence-corrected chi connectivity index (χ2v) is 5.12. The van der Waals surface area contributed by atoms with Crippen LogP contribution in [-0.4, -0.2) is 31.1 Å². The summed E-state index contributed by atoms with van der Waals surface area (Å²) in [5.74, 6) is -1.27. The number of aryl methyl sites for hydroxylation is 2. The van der Waals surface area contributed by atoms with Gasteiger partial charge in [0.15, 0.2) is 0 Å². The smallest absolute Gasteiger partial charge is 0.313 e. The van der Waals surface area contributed by atoms with E-state index >= 15 is 0 Å². The zero-order valence-corrected chi connectivity index (χ0v) is 11.9. The van der Waals surface area contributed by atoms with Crippen LogP contribution in [0.2, 0.25) is 0 Å². The van der Waals surface area contributed by atoms with Crippen molar-refractivity contribution in [2.75, 3.05) is 18.5 Å². The average Bonchev–Trinajstić information content (AvgIpc) is 2.93. The van der Waals surface area contributed by atoms with E-state index in [1.165, 1.54) is 0 Å². The van der Waals surface area contributed by atoms with E-state index in [2.05, 4.69) is 10.6 Å². The predicted molar refractivity (Wildman–Crippen MR) is 76.5 cm³/mol. The number of hydrogen-bond donors (Lipinski definition) is 2. The molecule has 1 aliphatic heterocycles. The van der Waals surface area contributed by atoms with Crippen LogP contribution in [0.15, 0.2) is 18.2 Å². The Morgan fingerprint density at radius 3 is 2.80 bits per heavy atom. The molecule has 1 aromatic rings. The van der Waals surface area contributed by atoms with Crippen molar-refractivity contribution < 1.29 is 14.3 Å². The Morgan fingerprint density at radius 1 is 1.30 bits per heavy atom. The van der Waals surface area contributed by atoms with Gasteiger partial charge in [-0.05, 0) is 43.9 Å². The summed E-state index contributed by atoms with van der Waals surface area (Å²) in [7, 11) is 0. The lowest BCUT2D eigenvalue weighted by molar-refractivity contribution is -0.136. The normalized spacial score (nSPS) is 17.8. The summed E-state index contributed by atoms with van der Waals surface area (Å²) >= 11 is 0. The lowest BCUT2D eigenvalue weighted by Crippen LogP contribution is -2.39. The molecule has 1 atom stereocenters. The van der Waals surface area contributed by atoms with Gasteiger partial charge in [0, 0.05) is 18.8 Å². The molecule has 2 amide bonds. The van der Waals surface area contributed by atoms with Crippen molar-refractivity contribution in [3.05, 3.63) is 29.3 Å². The topological polar surface area (TPSA) is 67.4 Å². The van der Waals surface area contributed by atoms with Gasteiger partial charge in [-0.25, -0.2) is 0 Å². The van der Waals surface area contributed by atoms with Crippen molar-refractivity contribution in [3.63, 3.8) is 0 Å². The first-order valence-corrected chi connectivity index (χ1v) is 6.84. The fraction of sp³-hybridized carbons (Fsp3) is 0.467. The quantitative estimate of drug-likeness (QED) is 0.823. The van der Waals surface area contributed by atoms with Gasteiger partial charge < -0.3 is 15.4 Å². The molecule has 2 N–H and O–H groups in total. The molecule has 0 spiro atoms. The highest BCUT2D eigenvalue weighted by Gasteiger charge is 2.19. The maximum absolute atomic E-state index is 11.8. The number of amides is 2. The minimum atomic E-state index is -0.642.